The molecule has 0 spiro atoms. The number of hydrogen-bond acceptors (Lipinski definition) is 1. The van der Waals surface area contributed by atoms with Crippen LogP contribution in [0.25, 0.3) is 0 Å². The SMILES string of the molecule is Cc1c(Br)cc(SC(F)(F)C(F)(F)F)cc1Br. The van der Waals surface area contributed by atoms with Crippen LogP contribution < -0.4 is 0 Å². The summed E-state index contributed by atoms with van der Waals surface area (Å²) < 4.78 is 62.5. The third-order valence-corrected chi connectivity index (χ3v) is 4.44. The van der Waals surface area contributed by atoms with Crippen LogP contribution in [0.4, 0.5) is 22.0 Å². The van der Waals surface area contributed by atoms with Gasteiger partial charge in [-0.15, -0.1) is 0 Å². The zero-order valence-corrected chi connectivity index (χ0v) is 12.2. The van der Waals surface area contributed by atoms with Gasteiger partial charge in [0.2, 0.25) is 0 Å². The third kappa shape index (κ3) is 3.57. The average molecular weight is 400 g/mol. The molecule has 0 heterocycles. The Morgan fingerprint density at radius 2 is 1.41 bits per heavy atom. The van der Waals surface area contributed by atoms with Crippen LogP contribution in [-0.4, -0.2) is 11.4 Å². The molecule has 0 bridgehead atoms. The van der Waals surface area contributed by atoms with Crippen LogP contribution in [0.3, 0.4) is 0 Å². The van der Waals surface area contributed by atoms with Crippen LogP contribution in [0.15, 0.2) is 26.0 Å². The molecule has 96 valence electrons. The maximum Gasteiger partial charge on any atom is 0.464 e. The van der Waals surface area contributed by atoms with Gasteiger partial charge in [-0.25, -0.2) is 0 Å². The van der Waals surface area contributed by atoms with Gasteiger partial charge in [0, 0.05) is 13.8 Å². The van der Waals surface area contributed by atoms with Gasteiger partial charge in [-0.3, -0.25) is 0 Å². The third-order valence-electron chi connectivity index (χ3n) is 1.83. The van der Waals surface area contributed by atoms with Crippen molar-refractivity contribution in [2.45, 2.75) is 23.3 Å². The second kappa shape index (κ2) is 5.05. The van der Waals surface area contributed by atoms with Crippen molar-refractivity contribution < 1.29 is 22.0 Å². The molecule has 0 nitrogen and oxygen atoms in total. The van der Waals surface area contributed by atoms with E-state index in [9.17, 15) is 22.0 Å². The normalized spacial score (nSPS) is 12.9. The Kier molecular flexibility index (Phi) is 4.52. The Bertz CT molecular complexity index is 407. The number of benzene rings is 1. The molecule has 0 aliphatic heterocycles. The number of thioether (sulfide) groups is 1. The summed E-state index contributed by atoms with van der Waals surface area (Å²) in [4.78, 5) is -0.170. The van der Waals surface area contributed by atoms with Gasteiger partial charge in [0.05, 0.1) is 0 Å². The van der Waals surface area contributed by atoms with Crippen molar-refractivity contribution in [1.29, 1.82) is 0 Å². The van der Waals surface area contributed by atoms with Gasteiger partial charge >= 0.3 is 11.4 Å². The maximum atomic E-state index is 12.8. The van der Waals surface area contributed by atoms with Crippen molar-refractivity contribution in [3.8, 4) is 0 Å². The quantitative estimate of drug-likeness (QED) is 0.449. The molecule has 0 saturated heterocycles. The molecular weight excluding hydrogens is 395 g/mol. The van der Waals surface area contributed by atoms with Crippen LogP contribution >= 0.6 is 43.6 Å². The zero-order chi connectivity index (χ0) is 13.4. The number of halogens is 7. The summed E-state index contributed by atoms with van der Waals surface area (Å²) >= 11 is 5.64. The van der Waals surface area contributed by atoms with E-state index in [-0.39, 0.29) is 4.90 Å². The smallest absolute Gasteiger partial charge is 0.183 e. The van der Waals surface area contributed by atoms with Crippen molar-refractivity contribution in [3.05, 3.63) is 26.6 Å². The van der Waals surface area contributed by atoms with E-state index in [2.05, 4.69) is 31.9 Å². The molecule has 1 aromatic carbocycles. The predicted octanol–water partition coefficient (Wildman–Crippen LogP) is 5.77. The van der Waals surface area contributed by atoms with Gasteiger partial charge in [-0.2, -0.15) is 22.0 Å². The molecule has 0 aromatic heterocycles. The van der Waals surface area contributed by atoms with Gasteiger partial charge in [-0.1, -0.05) is 31.9 Å². The number of rotatable bonds is 2. The molecule has 0 atom stereocenters. The van der Waals surface area contributed by atoms with Gasteiger partial charge in [0.25, 0.3) is 0 Å². The molecule has 0 N–H and O–H groups in total. The molecule has 17 heavy (non-hydrogen) atoms. The first kappa shape index (κ1) is 15.2. The average Bonchev–Trinajstić information content (AvgIpc) is 2.11. The minimum atomic E-state index is -5.57. The molecule has 0 saturated carbocycles. The summed E-state index contributed by atoms with van der Waals surface area (Å²) in [6.07, 6.45) is -5.57. The first-order chi connectivity index (χ1) is 7.54. The van der Waals surface area contributed by atoms with E-state index < -0.39 is 23.2 Å². The highest BCUT2D eigenvalue weighted by atomic mass is 79.9. The first-order valence-corrected chi connectivity index (χ1v) is 6.54. The molecule has 0 unspecified atom stereocenters. The highest BCUT2D eigenvalue weighted by Gasteiger charge is 2.58. The zero-order valence-electron chi connectivity index (χ0n) is 8.21. The molecule has 1 aromatic rings. The van der Waals surface area contributed by atoms with Gasteiger partial charge in [0.15, 0.2) is 0 Å². The second-order valence-electron chi connectivity index (χ2n) is 3.13. The predicted molar refractivity (Wildman–Crippen MR) is 63.4 cm³/mol. The van der Waals surface area contributed by atoms with Crippen molar-refractivity contribution in [3.63, 3.8) is 0 Å². The van der Waals surface area contributed by atoms with E-state index in [1.807, 2.05) is 0 Å². The summed E-state index contributed by atoms with van der Waals surface area (Å²) in [5.74, 6) is 0. The minimum Gasteiger partial charge on any atom is -0.183 e. The van der Waals surface area contributed by atoms with Crippen molar-refractivity contribution in [1.82, 2.24) is 0 Å². The molecule has 8 heteroatoms. The molecule has 0 aliphatic carbocycles. The van der Waals surface area contributed by atoms with E-state index in [1.165, 1.54) is 12.1 Å². The highest BCUT2D eigenvalue weighted by Crippen LogP contribution is 2.48. The molecule has 0 amide bonds. The van der Waals surface area contributed by atoms with Crippen molar-refractivity contribution in [2.75, 3.05) is 0 Å². The Labute approximate surface area is 115 Å². The summed E-state index contributed by atoms with van der Waals surface area (Å²) in [7, 11) is 0. The van der Waals surface area contributed by atoms with Crippen LogP contribution in [0.5, 0.6) is 0 Å². The van der Waals surface area contributed by atoms with Crippen LogP contribution in [0.2, 0.25) is 0 Å². The highest BCUT2D eigenvalue weighted by molar-refractivity contribution is 9.11. The number of hydrogen-bond donors (Lipinski definition) is 0. The van der Waals surface area contributed by atoms with Gasteiger partial charge in [0.1, 0.15) is 0 Å². The topological polar surface area (TPSA) is 0 Å². The largest absolute Gasteiger partial charge is 0.464 e. The lowest BCUT2D eigenvalue weighted by atomic mass is 10.2. The van der Waals surface area contributed by atoms with E-state index >= 15 is 0 Å². The fourth-order valence-corrected chi connectivity index (χ4v) is 3.14. The maximum absolute atomic E-state index is 12.8. The summed E-state index contributed by atoms with van der Waals surface area (Å²) in [5.41, 5.74) is 0.727. The van der Waals surface area contributed by atoms with E-state index in [1.54, 1.807) is 6.92 Å². The Balaban J connectivity index is 3.05. The van der Waals surface area contributed by atoms with Crippen LogP contribution in [-0.2, 0) is 0 Å². The van der Waals surface area contributed by atoms with Gasteiger partial charge in [-0.05, 0) is 36.4 Å². The lowest BCUT2D eigenvalue weighted by Crippen LogP contribution is -2.32. The molecule has 0 aliphatic rings. The summed E-state index contributed by atoms with van der Waals surface area (Å²) in [6, 6.07) is 2.45. The molecular formula is C9H5Br2F5S. The summed E-state index contributed by atoms with van der Waals surface area (Å²) in [6.45, 7) is 1.70. The van der Waals surface area contributed by atoms with E-state index in [4.69, 9.17) is 0 Å². The fourth-order valence-electron chi connectivity index (χ4n) is 0.887. The minimum absolute atomic E-state index is 0.170. The van der Waals surface area contributed by atoms with Crippen molar-refractivity contribution >= 4 is 43.6 Å². The first-order valence-electron chi connectivity index (χ1n) is 4.14. The van der Waals surface area contributed by atoms with Crippen molar-refractivity contribution in [2.24, 2.45) is 0 Å². The molecule has 1 rings (SSSR count). The molecule has 0 radical (unpaired) electrons. The second-order valence-corrected chi connectivity index (χ2v) is 6.03. The monoisotopic (exact) mass is 398 g/mol. The lowest BCUT2D eigenvalue weighted by Gasteiger charge is -2.19. The fraction of sp³-hybridized carbons (Fsp3) is 0.333. The number of alkyl halides is 5. The Morgan fingerprint density at radius 3 is 1.76 bits per heavy atom. The van der Waals surface area contributed by atoms with Gasteiger partial charge < -0.3 is 0 Å². The lowest BCUT2D eigenvalue weighted by molar-refractivity contribution is -0.237. The Morgan fingerprint density at radius 1 is 1.00 bits per heavy atom. The van der Waals surface area contributed by atoms with Crippen LogP contribution in [0, 0.1) is 6.92 Å². The van der Waals surface area contributed by atoms with E-state index in [0.717, 1.165) is 5.56 Å². The summed E-state index contributed by atoms with van der Waals surface area (Å²) in [5, 5.41) is -4.80. The molecule has 0 fully saturated rings. The van der Waals surface area contributed by atoms with Crippen LogP contribution in [0.1, 0.15) is 5.56 Å². The van der Waals surface area contributed by atoms with E-state index in [0.29, 0.717) is 8.95 Å². The standard InChI is InChI=1S/C9H5Br2F5S/c1-4-6(10)2-5(3-7(4)11)17-9(15,16)8(12,13)14/h2-3H,1H3. The Hall–Kier alpha value is 0.180.